The number of benzene rings is 1. The molecule has 0 atom stereocenters. The van der Waals surface area contributed by atoms with Gasteiger partial charge in [-0.25, -0.2) is 4.79 Å². The summed E-state index contributed by atoms with van der Waals surface area (Å²) >= 11 is 12.0. The number of hydrogen-bond donors (Lipinski definition) is 2. The molecular formula is C20H24Cl2N4O4. The van der Waals surface area contributed by atoms with Gasteiger partial charge < -0.3 is 10.5 Å². The van der Waals surface area contributed by atoms with Crippen LogP contribution >= 0.6 is 23.2 Å². The average molecular weight is 455 g/mol. The van der Waals surface area contributed by atoms with Gasteiger partial charge in [-0.1, -0.05) is 42.6 Å². The Hall–Kier alpha value is -2.55. The maximum atomic E-state index is 12.9. The highest BCUT2D eigenvalue weighted by Crippen LogP contribution is 2.23. The van der Waals surface area contributed by atoms with Gasteiger partial charge in [0, 0.05) is 36.3 Å². The summed E-state index contributed by atoms with van der Waals surface area (Å²) in [6.07, 6.45) is 4.30. The van der Waals surface area contributed by atoms with Crippen molar-refractivity contribution in [2.75, 3.05) is 30.9 Å². The number of amides is 1. The predicted octanol–water partition coefficient (Wildman–Crippen LogP) is 2.92. The van der Waals surface area contributed by atoms with Crippen LogP contribution in [-0.4, -0.2) is 35.7 Å². The molecule has 30 heavy (non-hydrogen) atoms. The SMILES string of the molecule is CCCCn1c(N)c(N(CCOC)C(=O)/C=C/c2ccc(Cl)cc2Cl)c(=O)[nH]c1=O. The number of hydrogen-bond acceptors (Lipinski definition) is 5. The Morgan fingerprint density at radius 2 is 2.07 bits per heavy atom. The summed E-state index contributed by atoms with van der Waals surface area (Å²) in [4.78, 5) is 41.0. The number of nitrogens with two attached hydrogens (primary N) is 1. The summed E-state index contributed by atoms with van der Waals surface area (Å²) in [6.45, 7) is 2.52. The number of nitrogen functional groups attached to an aromatic ring is 1. The van der Waals surface area contributed by atoms with Crippen LogP contribution in [0.15, 0.2) is 33.9 Å². The van der Waals surface area contributed by atoms with Crippen molar-refractivity contribution in [3.05, 3.63) is 60.7 Å². The van der Waals surface area contributed by atoms with E-state index >= 15 is 0 Å². The van der Waals surface area contributed by atoms with Gasteiger partial charge in [0.05, 0.1) is 6.61 Å². The number of nitrogens with zero attached hydrogens (tertiary/aromatic N) is 2. The normalized spacial score (nSPS) is 11.2. The number of halogens is 2. The number of ether oxygens (including phenoxy) is 1. The van der Waals surface area contributed by atoms with Crippen molar-refractivity contribution in [3.63, 3.8) is 0 Å². The quantitative estimate of drug-likeness (QED) is 0.565. The number of anilines is 2. The van der Waals surface area contributed by atoms with Gasteiger partial charge >= 0.3 is 5.69 Å². The Morgan fingerprint density at radius 1 is 1.33 bits per heavy atom. The highest BCUT2D eigenvalue weighted by atomic mass is 35.5. The van der Waals surface area contributed by atoms with Crippen molar-refractivity contribution in [2.24, 2.45) is 0 Å². The first-order valence-electron chi connectivity index (χ1n) is 9.36. The molecule has 1 aromatic carbocycles. The predicted molar refractivity (Wildman–Crippen MR) is 120 cm³/mol. The Kier molecular flexibility index (Phi) is 8.71. The third-order valence-electron chi connectivity index (χ3n) is 4.37. The molecule has 1 amide bonds. The van der Waals surface area contributed by atoms with E-state index in [2.05, 4.69) is 4.98 Å². The van der Waals surface area contributed by atoms with E-state index in [0.29, 0.717) is 28.6 Å². The Morgan fingerprint density at radius 3 is 2.70 bits per heavy atom. The highest BCUT2D eigenvalue weighted by Gasteiger charge is 2.22. The smallest absolute Gasteiger partial charge is 0.330 e. The van der Waals surface area contributed by atoms with E-state index in [1.807, 2.05) is 6.92 Å². The first kappa shape index (κ1) is 23.7. The van der Waals surface area contributed by atoms with E-state index in [9.17, 15) is 14.4 Å². The van der Waals surface area contributed by atoms with Crippen LogP contribution in [0.1, 0.15) is 25.3 Å². The van der Waals surface area contributed by atoms with Gasteiger partial charge in [-0.15, -0.1) is 0 Å². The van der Waals surface area contributed by atoms with Crippen LogP contribution < -0.4 is 21.9 Å². The number of carbonyl (C=O) groups excluding carboxylic acids is 1. The van der Waals surface area contributed by atoms with Crippen LogP contribution in [0.2, 0.25) is 10.0 Å². The first-order valence-corrected chi connectivity index (χ1v) is 10.1. The van der Waals surface area contributed by atoms with E-state index in [1.165, 1.54) is 28.7 Å². The van der Waals surface area contributed by atoms with Gasteiger partial charge in [0.2, 0.25) is 0 Å². The minimum Gasteiger partial charge on any atom is -0.383 e. The van der Waals surface area contributed by atoms with Crippen molar-refractivity contribution in [1.29, 1.82) is 0 Å². The van der Waals surface area contributed by atoms with Crippen LogP contribution in [-0.2, 0) is 16.1 Å². The molecule has 3 N–H and O–H groups in total. The minimum atomic E-state index is -0.743. The summed E-state index contributed by atoms with van der Waals surface area (Å²) < 4.78 is 6.32. The third kappa shape index (κ3) is 5.75. The molecule has 2 aromatic rings. The number of methoxy groups -OCH3 is 1. The molecular weight excluding hydrogens is 431 g/mol. The lowest BCUT2D eigenvalue weighted by molar-refractivity contribution is -0.114. The molecule has 0 aliphatic carbocycles. The van der Waals surface area contributed by atoms with Crippen molar-refractivity contribution in [3.8, 4) is 0 Å². The molecule has 162 valence electrons. The van der Waals surface area contributed by atoms with Crippen LogP contribution in [0.25, 0.3) is 6.08 Å². The van der Waals surface area contributed by atoms with E-state index < -0.39 is 17.2 Å². The summed E-state index contributed by atoms with van der Waals surface area (Å²) in [6, 6.07) is 4.87. The minimum absolute atomic E-state index is 0.0628. The van der Waals surface area contributed by atoms with Crippen LogP contribution in [0.4, 0.5) is 11.5 Å². The maximum Gasteiger partial charge on any atom is 0.330 e. The van der Waals surface area contributed by atoms with E-state index in [1.54, 1.807) is 18.2 Å². The molecule has 1 heterocycles. The number of nitrogens with one attached hydrogen (secondary N) is 1. The second kappa shape index (κ2) is 11.0. The number of aromatic nitrogens is 2. The fourth-order valence-electron chi connectivity index (χ4n) is 2.78. The summed E-state index contributed by atoms with van der Waals surface area (Å²) in [7, 11) is 1.47. The molecule has 10 heteroatoms. The molecule has 0 saturated heterocycles. The van der Waals surface area contributed by atoms with E-state index in [4.69, 9.17) is 33.7 Å². The largest absolute Gasteiger partial charge is 0.383 e. The summed E-state index contributed by atoms with van der Waals surface area (Å²) in [5.74, 6) is -0.587. The van der Waals surface area contributed by atoms with Crippen molar-refractivity contribution in [2.45, 2.75) is 26.3 Å². The highest BCUT2D eigenvalue weighted by molar-refractivity contribution is 6.35. The molecule has 0 radical (unpaired) electrons. The maximum absolute atomic E-state index is 12.9. The molecule has 0 saturated carbocycles. The Bertz CT molecular complexity index is 1050. The number of rotatable bonds is 9. The zero-order chi connectivity index (χ0) is 22.3. The van der Waals surface area contributed by atoms with Crippen molar-refractivity contribution in [1.82, 2.24) is 9.55 Å². The molecule has 0 aliphatic heterocycles. The zero-order valence-electron chi connectivity index (χ0n) is 16.8. The van der Waals surface area contributed by atoms with E-state index in [0.717, 1.165) is 6.42 Å². The van der Waals surface area contributed by atoms with Crippen molar-refractivity contribution < 1.29 is 9.53 Å². The fourth-order valence-corrected chi connectivity index (χ4v) is 3.25. The van der Waals surface area contributed by atoms with Gasteiger partial charge in [0.1, 0.15) is 5.82 Å². The van der Waals surface area contributed by atoms with Gasteiger partial charge in [0.25, 0.3) is 11.5 Å². The number of unbranched alkanes of at least 4 members (excludes halogenated alkanes) is 1. The number of carbonyl (C=O) groups is 1. The lowest BCUT2D eigenvalue weighted by Crippen LogP contribution is -2.42. The Labute approximate surface area is 183 Å². The monoisotopic (exact) mass is 454 g/mol. The van der Waals surface area contributed by atoms with Gasteiger partial charge in [-0.2, -0.15) is 0 Å². The summed E-state index contributed by atoms with van der Waals surface area (Å²) in [5, 5.41) is 0.847. The van der Waals surface area contributed by atoms with Crippen LogP contribution in [0, 0.1) is 0 Å². The van der Waals surface area contributed by atoms with Gasteiger partial charge in [-0.3, -0.25) is 24.0 Å². The van der Waals surface area contributed by atoms with Crippen molar-refractivity contribution >= 4 is 46.7 Å². The van der Waals surface area contributed by atoms with E-state index in [-0.39, 0.29) is 24.7 Å². The molecule has 0 unspecified atom stereocenters. The number of aromatic amines is 1. The average Bonchev–Trinajstić information content (AvgIpc) is 2.69. The van der Waals surface area contributed by atoms with Gasteiger partial charge in [0.15, 0.2) is 5.69 Å². The zero-order valence-corrected chi connectivity index (χ0v) is 18.3. The summed E-state index contributed by atoms with van der Waals surface area (Å²) in [5.41, 5.74) is 5.26. The molecule has 0 spiro atoms. The lowest BCUT2D eigenvalue weighted by Gasteiger charge is -2.23. The third-order valence-corrected chi connectivity index (χ3v) is 4.93. The molecule has 0 bridgehead atoms. The second-order valence-electron chi connectivity index (χ2n) is 6.48. The standard InChI is InChI=1S/C20H24Cl2N4O4/c1-3-4-9-26-18(23)17(19(28)24-20(26)29)25(10-11-30-2)16(27)8-6-13-5-7-14(21)12-15(13)22/h5-8,12H,3-4,9-11,23H2,1-2H3,(H,24,28,29)/b8-6+. The Balaban J connectivity index is 2.46. The number of H-pyrrole nitrogens is 1. The van der Waals surface area contributed by atoms with Crippen LogP contribution in [0.3, 0.4) is 0 Å². The van der Waals surface area contributed by atoms with Crippen LogP contribution in [0.5, 0.6) is 0 Å². The van der Waals surface area contributed by atoms with Gasteiger partial charge in [-0.05, 0) is 30.2 Å². The lowest BCUT2D eigenvalue weighted by atomic mass is 10.2. The molecule has 0 fully saturated rings. The molecule has 0 aliphatic rings. The topological polar surface area (TPSA) is 110 Å². The molecule has 2 rings (SSSR count). The first-order chi connectivity index (χ1) is 14.3. The molecule has 1 aromatic heterocycles. The molecule has 8 nitrogen and oxygen atoms in total. The second-order valence-corrected chi connectivity index (χ2v) is 7.32. The fraction of sp³-hybridized carbons (Fsp3) is 0.350.